The molecule has 2 aromatic rings. The first-order valence-corrected chi connectivity index (χ1v) is 12.4. The van der Waals surface area contributed by atoms with E-state index in [0.717, 1.165) is 30.8 Å². The summed E-state index contributed by atoms with van der Waals surface area (Å²) in [5, 5.41) is 11.8. The van der Waals surface area contributed by atoms with Crippen molar-refractivity contribution in [3.63, 3.8) is 0 Å². The summed E-state index contributed by atoms with van der Waals surface area (Å²) >= 11 is 6.10. The Morgan fingerprint density at radius 3 is 2.49 bits per heavy atom. The number of benzene rings is 2. The first kappa shape index (κ1) is 25.2. The summed E-state index contributed by atoms with van der Waals surface area (Å²) in [5.74, 6) is -0.761. The standard InChI is InChI=1S/C27H31ClN2O5/c1-3-35-22-10-7-20(17-18(22)2)25(31)23-24(19-5-8-21(28)9-6-19)30(27(33)26(23)32)12-4-11-29-13-15-34-16-14-29/h5-10,17,24,31H,3-4,11-16H2,1-2H3. The predicted octanol–water partition coefficient (Wildman–Crippen LogP) is 4.19. The molecule has 0 bridgehead atoms. The number of rotatable bonds is 8. The van der Waals surface area contributed by atoms with Gasteiger partial charge >= 0.3 is 0 Å². The van der Waals surface area contributed by atoms with E-state index in [-0.39, 0.29) is 11.3 Å². The lowest BCUT2D eigenvalue weighted by molar-refractivity contribution is -0.140. The highest BCUT2D eigenvalue weighted by Crippen LogP contribution is 2.40. The fraction of sp³-hybridized carbons (Fsp3) is 0.407. The van der Waals surface area contributed by atoms with Crippen LogP contribution in [-0.2, 0) is 14.3 Å². The van der Waals surface area contributed by atoms with Gasteiger partial charge in [-0.15, -0.1) is 0 Å². The second-order valence-corrected chi connectivity index (χ2v) is 9.20. The van der Waals surface area contributed by atoms with Crippen LogP contribution in [0, 0.1) is 6.92 Å². The zero-order chi connectivity index (χ0) is 24.9. The molecule has 2 saturated heterocycles. The van der Waals surface area contributed by atoms with Crippen LogP contribution in [0.15, 0.2) is 48.0 Å². The van der Waals surface area contributed by atoms with Crippen molar-refractivity contribution in [2.24, 2.45) is 0 Å². The quantitative estimate of drug-likeness (QED) is 0.334. The van der Waals surface area contributed by atoms with Gasteiger partial charge in [-0.25, -0.2) is 0 Å². The number of carbonyl (C=O) groups excluding carboxylic acids is 2. The lowest BCUT2D eigenvalue weighted by Crippen LogP contribution is -2.38. The monoisotopic (exact) mass is 498 g/mol. The zero-order valence-corrected chi connectivity index (χ0v) is 20.9. The van der Waals surface area contributed by atoms with Gasteiger partial charge in [0.15, 0.2) is 0 Å². The highest BCUT2D eigenvalue weighted by molar-refractivity contribution is 6.46. The predicted molar refractivity (Wildman–Crippen MR) is 135 cm³/mol. The van der Waals surface area contributed by atoms with E-state index in [0.29, 0.717) is 49.1 Å². The number of hydrogen-bond donors (Lipinski definition) is 1. The van der Waals surface area contributed by atoms with Crippen LogP contribution in [0.2, 0.25) is 5.02 Å². The van der Waals surface area contributed by atoms with Gasteiger partial charge in [0.1, 0.15) is 11.5 Å². The van der Waals surface area contributed by atoms with Crippen LogP contribution in [0.3, 0.4) is 0 Å². The lowest BCUT2D eigenvalue weighted by Gasteiger charge is -2.29. The number of halogens is 1. The minimum Gasteiger partial charge on any atom is -0.507 e. The van der Waals surface area contributed by atoms with Gasteiger partial charge in [0.25, 0.3) is 11.7 Å². The molecule has 0 aliphatic carbocycles. The summed E-state index contributed by atoms with van der Waals surface area (Å²) in [5.41, 5.74) is 2.12. The Kier molecular flexibility index (Phi) is 8.11. The second kappa shape index (κ2) is 11.2. The van der Waals surface area contributed by atoms with E-state index in [1.165, 1.54) is 0 Å². The number of amides is 1. The number of Topliss-reactive ketones (excluding diaryl/α,β-unsaturated/α-hetero) is 1. The summed E-state index contributed by atoms with van der Waals surface area (Å²) in [6.07, 6.45) is 0.708. The highest BCUT2D eigenvalue weighted by Gasteiger charge is 2.45. The largest absolute Gasteiger partial charge is 0.507 e. The summed E-state index contributed by atoms with van der Waals surface area (Å²) < 4.78 is 11.0. The molecule has 0 radical (unpaired) electrons. The van der Waals surface area contributed by atoms with Gasteiger partial charge in [-0.3, -0.25) is 14.5 Å². The molecule has 0 spiro atoms. The Morgan fingerprint density at radius 2 is 1.83 bits per heavy atom. The smallest absolute Gasteiger partial charge is 0.295 e. The third kappa shape index (κ3) is 5.53. The van der Waals surface area contributed by atoms with Crippen molar-refractivity contribution in [3.05, 3.63) is 69.8 Å². The number of hydrogen-bond acceptors (Lipinski definition) is 6. The molecule has 2 heterocycles. The van der Waals surface area contributed by atoms with Crippen LogP contribution in [0.4, 0.5) is 0 Å². The molecule has 7 nitrogen and oxygen atoms in total. The van der Waals surface area contributed by atoms with Gasteiger partial charge in [0.05, 0.1) is 31.4 Å². The molecule has 8 heteroatoms. The maximum Gasteiger partial charge on any atom is 0.295 e. The normalized spacial score (nSPS) is 20.4. The Hall–Kier alpha value is -2.87. The number of nitrogens with zero attached hydrogens (tertiary/aromatic N) is 2. The van der Waals surface area contributed by atoms with Crippen LogP contribution in [0.5, 0.6) is 5.75 Å². The Labute approximate surface area is 210 Å². The van der Waals surface area contributed by atoms with Crippen LogP contribution in [0.1, 0.15) is 36.1 Å². The number of aliphatic hydroxyl groups excluding tert-OH is 1. The first-order valence-electron chi connectivity index (χ1n) is 12.0. The van der Waals surface area contributed by atoms with E-state index in [2.05, 4.69) is 4.90 Å². The van der Waals surface area contributed by atoms with E-state index in [1.807, 2.05) is 13.8 Å². The van der Waals surface area contributed by atoms with Crippen LogP contribution >= 0.6 is 11.6 Å². The molecule has 1 N–H and O–H groups in total. The molecule has 0 aromatic heterocycles. The summed E-state index contributed by atoms with van der Waals surface area (Å²) in [6, 6.07) is 11.6. The molecule has 2 aromatic carbocycles. The van der Waals surface area contributed by atoms with Gasteiger partial charge in [-0.05, 0) is 61.7 Å². The average molecular weight is 499 g/mol. The Morgan fingerprint density at radius 1 is 1.11 bits per heavy atom. The molecule has 1 unspecified atom stereocenters. The maximum atomic E-state index is 13.2. The molecular formula is C27H31ClN2O5. The third-order valence-electron chi connectivity index (χ3n) is 6.45. The van der Waals surface area contributed by atoms with Gasteiger partial charge in [0.2, 0.25) is 0 Å². The molecule has 186 valence electrons. The van der Waals surface area contributed by atoms with Crippen molar-refractivity contribution in [2.75, 3.05) is 46.0 Å². The third-order valence-corrected chi connectivity index (χ3v) is 6.70. The number of likely N-dealkylation sites (tertiary alicyclic amines) is 1. The Balaban J connectivity index is 1.67. The van der Waals surface area contributed by atoms with Crippen molar-refractivity contribution < 1.29 is 24.2 Å². The number of carbonyl (C=O) groups is 2. The molecular weight excluding hydrogens is 468 g/mol. The van der Waals surface area contributed by atoms with Crippen molar-refractivity contribution in [3.8, 4) is 5.75 Å². The van der Waals surface area contributed by atoms with Crippen molar-refractivity contribution in [1.29, 1.82) is 0 Å². The number of aliphatic hydroxyl groups is 1. The van der Waals surface area contributed by atoms with Crippen LogP contribution < -0.4 is 4.74 Å². The van der Waals surface area contributed by atoms with Gasteiger partial charge in [-0.2, -0.15) is 0 Å². The molecule has 2 aliphatic heterocycles. The molecule has 35 heavy (non-hydrogen) atoms. The summed E-state index contributed by atoms with van der Waals surface area (Å²) in [7, 11) is 0. The van der Waals surface area contributed by atoms with Crippen LogP contribution in [-0.4, -0.2) is 72.6 Å². The minimum absolute atomic E-state index is 0.0901. The van der Waals surface area contributed by atoms with E-state index in [9.17, 15) is 14.7 Å². The van der Waals surface area contributed by atoms with Crippen molar-refractivity contribution in [1.82, 2.24) is 9.80 Å². The molecule has 0 saturated carbocycles. The number of aryl methyl sites for hydroxylation is 1. The number of morpholine rings is 1. The Bertz CT molecular complexity index is 1110. The fourth-order valence-electron chi connectivity index (χ4n) is 4.66. The number of ether oxygens (including phenoxy) is 2. The van der Waals surface area contributed by atoms with E-state index in [1.54, 1.807) is 47.4 Å². The molecule has 1 amide bonds. The van der Waals surface area contributed by atoms with Crippen molar-refractivity contribution in [2.45, 2.75) is 26.3 Å². The molecule has 1 atom stereocenters. The van der Waals surface area contributed by atoms with Gasteiger partial charge in [-0.1, -0.05) is 23.7 Å². The van der Waals surface area contributed by atoms with Crippen molar-refractivity contribution >= 4 is 29.1 Å². The molecule has 4 rings (SSSR count). The number of ketones is 1. The van der Waals surface area contributed by atoms with E-state index >= 15 is 0 Å². The highest BCUT2D eigenvalue weighted by atomic mass is 35.5. The van der Waals surface area contributed by atoms with Gasteiger partial charge < -0.3 is 19.5 Å². The van der Waals surface area contributed by atoms with Gasteiger partial charge in [0, 0.05) is 36.8 Å². The minimum atomic E-state index is -0.691. The summed E-state index contributed by atoms with van der Waals surface area (Å²) in [6.45, 7) is 8.63. The van der Waals surface area contributed by atoms with E-state index < -0.39 is 17.7 Å². The lowest BCUT2D eigenvalue weighted by atomic mass is 9.94. The maximum absolute atomic E-state index is 13.2. The zero-order valence-electron chi connectivity index (χ0n) is 20.1. The fourth-order valence-corrected chi connectivity index (χ4v) is 4.79. The molecule has 2 fully saturated rings. The van der Waals surface area contributed by atoms with E-state index in [4.69, 9.17) is 21.1 Å². The molecule has 2 aliphatic rings. The SMILES string of the molecule is CCOc1ccc(C(O)=C2C(=O)C(=O)N(CCCN3CCOCC3)C2c2ccc(Cl)cc2)cc1C. The average Bonchev–Trinajstić information content (AvgIpc) is 3.11. The summed E-state index contributed by atoms with van der Waals surface area (Å²) in [4.78, 5) is 30.2. The first-order chi connectivity index (χ1) is 16.9. The second-order valence-electron chi connectivity index (χ2n) is 8.76. The van der Waals surface area contributed by atoms with Crippen LogP contribution in [0.25, 0.3) is 5.76 Å². The topological polar surface area (TPSA) is 79.3 Å².